The summed E-state index contributed by atoms with van der Waals surface area (Å²) in [6.45, 7) is 9.44. The van der Waals surface area contributed by atoms with Gasteiger partial charge in [0.15, 0.2) is 0 Å². The second-order valence-corrected chi connectivity index (χ2v) is 7.25. The number of hydrogen-bond donors (Lipinski definition) is 0. The predicted octanol–water partition coefficient (Wildman–Crippen LogP) is 3.99. The molecule has 3 rings (SSSR count). The average Bonchev–Trinajstić information content (AvgIpc) is 2.47. The lowest BCUT2D eigenvalue weighted by Gasteiger charge is -2.52. The molecule has 0 amide bonds. The minimum Gasteiger partial charge on any atom is -0.295 e. The van der Waals surface area contributed by atoms with Gasteiger partial charge in [-0.3, -0.25) is 4.90 Å². The van der Waals surface area contributed by atoms with E-state index >= 15 is 0 Å². The Bertz CT molecular complexity index is 325. The smallest absolute Gasteiger partial charge is 0.0110 e. The number of fused-ring (bicyclic) bond motifs is 2. The molecule has 2 unspecified atom stereocenters. The van der Waals surface area contributed by atoms with Crippen molar-refractivity contribution in [1.82, 2.24) is 4.90 Å². The van der Waals surface area contributed by atoms with E-state index in [1.165, 1.54) is 32.1 Å². The topological polar surface area (TPSA) is 3.24 Å². The third-order valence-electron chi connectivity index (χ3n) is 5.35. The molecule has 1 spiro atoms. The van der Waals surface area contributed by atoms with Crippen molar-refractivity contribution < 1.29 is 0 Å². The maximum absolute atomic E-state index is 2.81. The predicted molar refractivity (Wildman–Crippen MR) is 73.0 cm³/mol. The quantitative estimate of drug-likeness (QED) is 0.652. The van der Waals surface area contributed by atoms with Gasteiger partial charge in [0, 0.05) is 18.1 Å². The van der Waals surface area contributed by atoms with Crippen molar-refractivity contribution >= 4 is 0 Å². The third kappa shape index (κ3) is 1.78. The standard InChI is InChI=1S/C16H27N/c1-11(2)13-7-16(8-13)9-14-5-6-15(10-16)17(14)12(3)4/h7,11-12,14-15H,5-6,8-10H2,1-4H3. The van der Waals surface area contributed by atoms with Crippen LogP contribution >= 0.6 is 0 Å². The van der Waals surface area contributed by atoms with Gasteiger partial charge in [-0.15, -0.1) is 0 Å². The van der Waals surface area contributed by atoms with E-state index in [1.54, 1.807) is 5.57 Å². The van der Waals surface area contributed by atoms with E-state index in [9.17, 15) is 0 Å². The molecular formula is C16H27N. The van der Waals surface area contributed by atoms with Crippen LogP contribution in [-0.2, 0) is 0 Å². The van der Waals surface area contributed by atoms with E-state index in [4.69, 9.17) is 0 Å². The Morgan fingerprint density at radius 2 is 1.65 bits per heavy atom. The normalized spacial score (nSPS) is 41.2. The van der Waals surface area contributed by atoms with Crippen molar-refractivity contribution in [1.29, 1.82) is 0 Å². The van der Waals surface area contributed by atoms with Crippen molar-refractivity contribution in [3.8, 4) is 0 Å². The highest BCUT2D eigenvalue weighted by molar-refractivity contribution is 5.28. The van der Waals surface area contributed by atoms with E-state index in [-0.39, 0.29) is 0 Å². The van der Waals surface area contributed by atoms with Gasteiger partial charge in [-0.05, 0) is 57.3 Å². The molecule has 1 nitrogen and oxygen atoms in total. The Kier molecular flexibility index (Phi) is 2.66. The van der Waals surface area contributed by atoms with Gasteiger partial charge in [0.05, 0.1) is 0 Å². The molecule has 3 aliphatic rings. The maximum Gasteiger partial charge on any atom is 0.0110 e. The van der Waals surface area contributed by atoms with Crippen molar-refractivity contribution in [2.75, 3.05) is 0 Å². The van der Waals surface area contributed by atoms with Crippen LogP contribution < -0.4 is 0 Å². The third-order valence-corrected chi connectivity index (χ3v) is 5.35. The zero-order valence-electron chi connectivity index (χ0n) is 11.9. The summed E-state index contributed by atoms with van der Waals surface area (Å²) < 4.78 is 0. The Balaban J connectivity index is 1.75. The lowest BCUT2D eigenvalue weighted by molar-refractivity contribution is 0.0331. The molecule has 2 aliphatic heterocycles. The number of nitrogens with zero attached hydrogens (tertiary/aromatic N) is 1. The van der Waals surface area contributed by atoms with E-state index in [1.807, 2.05) is 0 Å². The zero-order chi connectivity index (χ0) is 12.2. The fourth-order valence-electron chi connectivity index (χ4n) is 4.66. The van der Waals surface area contributed by atoms with Crippen molar-refractivity contribution in [3.63, 3.8) is 0 Å². The molecule has 1 aliphatic carbocycles. The SMILES string of the molecule is CC(C)C1=CC2(C1)CC1CCC(C2)N1C(C)C. The number of allylic oxidation sites excluding steroid dienone is 2. The molecule has 2 fully saturated rings. The summed E-state index contributed by atoms with van der Waals surface area (Å²) in [4.78, 5) is 2.81. The summed E-state index contributed by atoms with van der Waals surface area (Å²) in [5, 5.41) is 0. The van der Waals surface area contributed by atoms with Gasteiger partial charge < -0.3 is 0 Å². The molecule has 1 heteroatoms. The van der Waals surface area contributed by atoms with Crippen molar-refractivity contribution in [2.24, 2.45) is 11.3 Å². The fourth-order valence-corrected chi connectivity index (χ4v) is 4.66. The van der Waals surface area contributed by atoms with E-state index in [2.05, 4.69) is 38.7 Å². The van der Waals surface area contributed by atoms with Crippen LogP contribution in [0.25, 0.3) is 0 Å². The van der Waals surface area contributed by atoms with Gasteiger partial charge in [0.1, 0.15) is 0 Å². The second-order valence-electron chi connectivity index (χ2n) is 7.25. The van der Waals surface area contributed by atoms with Gasteiger partial charge in [-0.25, -0.2) is 0 Å². The summed E-state index contributed by atoms with van der Waals surface area (Å²) in [6, 6.07) is 2.52. The van der Waals surface area contributed by atoms with Gasteiger partial charge in [-0.2, -0.15) is 0 Å². The minimum absolute atomic E-state index is 0.622. The highest BCUT2D eigenvalue weighted by atomic mass is 15.2. The molecule has 0 radical (unpaired) electrons. The Morgan fingerprint density at radius 3 is 2.06 bits per heavy atom. The first-order chi connectivity index (χ1) is 8.01. The zero-order valence-corrected chi connectivity index (χ0v) is 11.9. The summed E-state index contributed by atoms with van der Waals surface area (Å²) in [7, 11) is 0. The van der Waals surface area contributed by atoms with Crippen LogP contribution in [-0.4, -0.2) is 23.0 Å². The van der Waals surface area contributed by atoms with Crippen molar-refractivity contribution in [2.45, 2.75) is 77.9 Å². The van der Waals surface area contributed by atoms with Crippen LogP contribution in [0.1, 0.15) is 59.8 Å². The first-order valence-electron chi connectivity index (χ1n) is 7.50. The van der Waals surface area contributed by atoms with Gasteiger partial charge >= 0.3 is 0 Å². The molecule has 0 aromatic carbocycles. The number of hydrogen-bond acceptors (Lipinski definition) is 1. The summed E-state index contributed by atoms with van der Waals surface area (Å²) >= 11 is 0. The lowest BCUT2D eigenvalue weighted by Crippen LogP contribution is -2.51. The number of rotatable bonds is 2. The average molecular weight is 233 g/mol. The Morgan fingerprint density at radius 1 is 1.12 bits per heavy atom. The second kappa shape index (κ2) is 3.85. The fraction of sp³-hybridized carbons (Fsp3) is 0.875. The van der Waals surface area contributed by atoms with Crippen LogP contribution in [0, 0.1) is 11.3 Å². The first kappa shape index (κ1) is 11.8. The Labute approximate surface area is 106 Å². The molecule has 2 heterocycles. The largest absolute Gasteiger partial charge is 0.295 e. The molecule has 0 saturated carbocycles. The molecule has 0 N–H and O–H groups in total. The summed E-state index contributed by atoms with van der Waals surface area (Å²) in [5.74, 6) is 0.779. The molecule has 0 aromatic rings. The molecule has 2 bridgehead atoms. The van der Waals surface area contributed by atoms with Gasteiger partial charge in [0.2, 0.25) is 0 Å². The monoisotopic (exact) mass is 233 g/mol. The molecule has 96 valence electrons. The van der Waals surface area contributed by atoms with E-state index in [0.29, 0.717) is 5.41 Å². The maximum atomic E-state index is 2.81. The summed E-state index contributed by atoms with van der Waals surface area (Å²) in [5.41, 5.74) is 2.35. The van der Waals surface area contributed by atoms with Crippen molar-refractivity contribution in [3.05, 3.63) is 11.6 Å². The molecule has 0 aromatic heterocycles. The van der Waals surface area contributed by atoms with Crippen LogP contribution in [0.4, 0.5) is 0 Å². The molecule has 2 saturated heterocycles. The van der Waals surface area contributed by atoms with E-state index < -0.39 is 0 Å². The van der Waals surface area contributed by atoms with E-state index in [0.717, 1.165) is 24.0 Å². The van der Waals surface area contributed by atoms with Crippen LogP contribution in [0.5, 0.6) is 0 Å². The highest BCUT2D eigenvalue weighted by Gasteiger charge is 2.50. The lowest BCUT2D eigenvalue weighted by atomic mass is 9.61. The van der Waals surface area contributed by atoms with Crippen LogP contribution in [0.3, 0.4) is 0 Å². The number of piperidine rings is 1. The molecular weight excluding hydrogens is 206 g/mol. The highest BCUT2D eigenvalue weighted by Crippen LogP contribution is 2.56. The Hall–Kier alpha value is -0.300. The first-order valence-corrected chi connectivity index (χ1v) is 7.50. The van der Waals surface area contributed by atoms with Gasteiger partial charge in [-0.1, -0.05) is 25.5 Å². The van der Waals surface area contributed by atoms with Gasteiger partial charge in [0.25, 0.3) is 0 Å². The molecule has 2 atom stereocenters. The molecule has 17 heavy (non-hydrogen) atoms. The van der Waals surface area contributed by atoms with Crippen LogP contribution in [0.2, 0.25) is 0 Å². The summed E-state index contributed by atoms with van der Waals surface area (Å²) in [6.07, 6.45) is 9.85. The minimum atomic E-state index is 0.622. The van der Waals surface area contributed by atoms with Crippen LogP contribution in [0.15, 0.2) is 11.6 Å².